The molecule has 0 radical (unpaired) electrons. The number of aliphatic imine (C=N–C) groups is 1. The molecule has 12 heteroatoms. The zero-order valence-corrected chi connectivity index (χ0v) is 19.5. The van der Waals surface area contributed by atoms with Crippen LogP contribution in [0.1, 0.15) is 38.3 Å². The van der Waals surface area contributed by atoms with Gasteiger partial charge in [0.25, 0.3) is 0 Å². The Bertz CT molecular complexity index is 1170. The molecule has 3 heterocycles. The van der Waals surface area contributed by atoms with Crippen molar-refractivity contribution in [3.05, 3.63) is 59.6 Å². The number of methoxy groups -OCH3 is 1. The number of alkyl halides is 1. The second kappa shape index (κ2) is 9.82. The fourth-order valence-corrected chi connectivity index (χ4v) is 3.81. The summed E-state index contributed by atoms with van der Waals surface area (Å²) in [5.41, 5.74) is 0.915. The number of nitrogens with one attached hydrogen (secondary N) is 2. The van der Waals surface area contributed by atoms with E-state index in [2.05, 4.69) is 20.7 Å². The molecular weight excluding hydrogens is 462 g/mol. The molecule has 0 fully saturated rings. The molecule has 10 nitrogen and oxygen atoms in total. The lowest BCUT2D eigenvalue weighted by atomic mass is 10.1. The van der Waals surface area contributed by atoms with Crippen LogP contribution < -0.4 is 15.4 Å². The molecular formula is C23H26F2N6O4. The van der Waals surface area contributed by atoms with E-state index in [4.69, 9.17) is 9.47 Å². The summed E-state index contributed by atoms with van der Waals surface area (Å²) < 4.78 is 40.1. The Kier molecular flexibility index (Phi) is 6.83. The summed E-state index contributed by atoms with van der Waals surface area (Å²) in [6.45, 7) is 2.11. The van der Waals surface area contributed by atoms with Crippen LogP contribution in [-0.2, 0) is 9.53 Å². The van der Waals surface area contributed by atoms with Crippen LogP contribution in [0.5, 0.6) is 5.75 Å². The van der Waals surface area contributed by atoms with Gasteiger partial charge in [-0.05, 0) is 30.2 Å². The number of ether oxygens (including phenoxy) is 2. The van der Waals surface area contributed by atoms with E-state index < -0.39 is 23.7 Å². The summed E-state index contributed by atoms with van der Waals surface area (Å²) in [6.07, 6.45) is 4.38. The van der Waals surface area contributed by atoms with Crippen LogP contribution in [0.25, 0.3) is 0 Å². The van der Waals surface area contributed by atoms with E-state index in [9.17, 15) is 18.4 Å². The van der Waals surface area contributed by atoms with Gasteiger partial charge in [0, 0.05) is 39.8 Å². The number of carbonyl (C=O) groups excluding carboxylic acids is 2. The van der Waals surface area contributed by atoms with Crippen molar-refractivity contribution in [2.45, 2.75) is 38.6 Å². The first kappa shape index (κ1) is 24.3. The Labute approximate surface area is 200 Å². The lowest BCUT2D eigenvalue weighted by molar-refractivity contribution is -0.121. The van der Waals surface area contributed by atoms with Gasteiger partial charge in [0.05, 0.1) is 18.3 Å². The van der Waals surface area contributed by atoms with Gasteiger partial charge >= 0.3 is 6.03 Å². The maximum atomic E-state index is 14.6. The van der Waals surface area contributed by atoms with Gasteiger partial charge in [-0.25, -0.2) is 18.9 Å². The van der Waals surface area contributed by atoms with Gasteiger partial charge in [0.2, 0.25) is 11.8 Å². The molecule has 0 spiro atoms. The summed E-state index contributed by atoms with van der Waals surface area (Å²) in [6, 6.07) is 4.34. The summed E-state index contributed by atoms with van der Waals surface area (Å²) in [5.74, 6) is -2.50. The molecule has 1 aromatic heterocycles. The Morgan fingerprint density at radius 2 is 2.14 bits per heavy atom. The van der Waals surface area contributed by atoms with Crippen LogP contribution in [0, 0.1) is 5.82 Å². The molecule has 2 aliphatic rings. The lowest BCUT2D eigenvalue weighted by Gasteiger charge is -2.33. The first-order valence-corrected chi connectivity index (χ1v) is 11.0. The molecule has 1 atom stereocenters. The maximum Gasteiger partial charge on any atom is 0.324 e. The van der Waals surface area contributed by atoms with Gasteiger partial charge in [-0.2, -0.15) is 9.49 Å². The van der Waals surface area contributed by atoms with Crippen molar-refractivity contribution < 1.29 is 27.8 Å². The number of halogens is 2. The van der Waals surface area contributed by atoms with E-state index in [0.717, 1.165) is 19.9 Å². The summed E-state index contributed by atoms with van der Waals surface area (Å²) in [5, 5.41) is 9.73. The standard InChI is InChI=1S/C23H26F2N6O4/c1-23(2,25)35-18-7-5-14(11-15(18)24)17(13-34-3)28-22(33)30-12-20(32)27-16-6-8-19(29-21(16)30)31-10-4-9-26-31/h4-5,7,9-11,17H,6,8,12-13H2,1-3H3,(H,27,32)(H,28,33). The Morgan fingerprint density at radius 3 is 2.80 bits per heavy atom. The topological polar surface area (TPSA) is 110 Å². The summed E-state index contributed by atoms with van der Waals surface area (Å²) in [7, 11) is 1.44. The lowest BCUT2D eigenvalue weighted by Crippen LogP contribution is -2.51. The molecule has 1 unspecified atom stereocenters. The third kappa shape index (κ3) is 5.65. The molecule has 0 saturated heterocycles. The molecule has 2 aliphatic heterocycles. The Hall–Kier alpha value is -3.80. The predicted octanol–water partition coefficient (Wildman–Crippen LogP) is 2.85. The van der Waals surface area contributed by atoms with Crippen molar-refractivity contribution >= 4 is 17.8 Å². The van der Waals surface area contributed by atoms with Gasteiger partial charge in [-0.1, -0.05) is 6.07 Å². The normalized spacial score (nSPS) is 16.9. The largest absolute Gasteiger partial charge is 0.455 e. The Morgan fingerprint density at radius 1 is 1.34 bits per heavy atom. The number of allylic oxidation sites excluding steroid dienone is 1. The molecule has 35 heavy (non-hydrogen) atoms. The molecule has 0 aliphatic carbocycles. The van der Waals surface area contributed by atoms with Crippen molar-refractivity contribution in [1.29, 1.82) is 0 Å². The fourth-order valence-electron chi connectivity index (χ4n) is 3.81. The van der Waals surface area contributed by atoms with Crippen molar-refractivity contribution in [3.8, 4) is 5.75 Å². The smallest absolute Gasteiger partial charge is 0.324 e. The summed E-state index contributed by atoms with van der Waals surface area (Å²) in [4.78, 5) is 31.4. The zero-order valence-electron chi connectivity index (χ0n) is 19.5. The number of aromatic nitrogens is 2. The minimum absolute atomic E-state index is 0.0216. The number of urea groups is 1. The SMILES string of the molecule is COCC(NC(=O)N1CC(=O)NC2=C1N=C(n1cccn1)CC2)c1ccc(OC(C)(C)F)c(F)c1. The van der Waals surface area contributed by atoms with Gasteiger partial charge in [-0.15, -0.1) is 0 Å². The maximum absolute atomic E-state index is 14.6. The number of nitrogens with zero attached hydrogens (tertiary/aromatic N) is 4. The van der Waals surface area contributed by atoms with Crippen LogP contribution in [0.3, 0.4) is 0 Å². The zero-order chi connectivity index (χ0) is 25.2. The van der Waals surface area contributed by atoms with Gasteiger partial charge < -0.3 is 20.1 Å². The van der Waals surface area contributed by atoms with Gasteiger partial charge in [0.1, 0.15) is 12.4 Å². The third-order valence-electron chi connectivity index (χ3n) is 5.31. The van der Waals surface area contributed by atoms with Crippen LogP contribution in [0.4, 0.5) is 13.6 Å². The van der Waals surface area contributed by atoms with E-state index in [1.54, 1.807) is 23.1 Å². The number of carbonyl (C=O) groups is 2. The molecule has 4 rings (SSSR count). The minimum atomic E-state index is -2.06. The quantitative estimate of drug-likeness (QED) is 0.650. The highest BCUT2D eigenvalue weighted by Crippen LogP contribution is 2.28. The molecule has 3 amide bonds. The number of hydrogen-bond donors (Lipinski definition) is 2. The van der Waals surface area contributed by atoms with Crippen molar-refractivity contribution in [2.24, 2.45) is 4.99 Å². The highest BCUT2D eigenvalue weighted by molar-refractivity contribution is 5.91. The van der Waals surface area contributed by atoms with Crippen molar-refractivity contribution in [1.82, 2.24) is 25.3 Å². The first-order valence-electron chi connectivity index (χ1n) is 11.0. The van der Waals surface area contributed by atoms with Crippen molar-refractivity contribution in [3.63, 3.8) is 0 Å². The number of hydrogen-bond acceptors (Lipinski definition) is 6. The highest BCUT2D eigenvalue weighted by atomic mass is 19.2. The van der Waals surface area contributed by atoms with Crippen molar-refractivity contribution in [2.75, 3.05) is 20.3 Å². The Balaban J connectivity index is 1.57. The molecule has 2 aromatic rings. The number of benzene rings is 1. The van der Waals surface area contributed by atoms with Gasteiger partial charge in [-0.3, -0.25) is 9.69 Å². The fraction of sp³-hybridized carbons (Fsp3) is 0.391. The summed E-state index contributed by atoms with van der Waals surface area (Å²) >= 11 is 0. The minimum Gasteiger partial charge on any atom is -0.455 e. The molecule has 2 N–H and O–H groups in total. The van der Waals surface area contributed by atoms with Crippen LogP contribution >= 0.6 is 0 Å². The molecule has 186 valence electrons. The number of rotatable bonds is 6. The monoisotopic (exact) mass is 488 g/mol. The van der Waals surface area contributed by atoms with E-state index in [-0.39, 0.29) is 24.8 Å². The first-order chi connectivity index (χ1) is 16.6. The average molecular weight is 488 g/mol. The predicted molar refractivity (Wildman–Crippen MR) is 122 cm³/mol. The highest BCUT2D eigenvalue weighted by Gasteiger charge is 2.33. The number of amides is 3. The second-order valence-electron chi connectivity index (χ2n) is 8.53. The third-order valence-corrected chi connectivity index (χ3v) is 5.31. The molecule has 1 aromatic carbocycles. The average Bonchev–Trinajstić information content (AvgIpc) is 3.33. The van der Waals surface area contributed by atoms with Gasteiger partial charge in [0.15, 0.2) is 17.4 Å². The van der Waals surface area contributed by atoms with Crippen LogP contribution in [0.2, 0.25) is 0 Å². The second-order valence-corrected chi connectivity index (χ2v) is 8.53. The van der Waals surface area contributed by atoms with E-state index >= 15 is 0 Å². The molecule has 0 saturated carbocycles. The van der Waals surface area contributed by atoms with E-state index in [0.29, 0.717) is 35.8 Å². The van der Waals surface area contributed by atoms with Crippen LogP contribution in [0.15, 0.2) is 53.2 Å². The van der Waals surface area contributed by atoms with E-state index in [1.165, 1.54) is 24.1 Å². The molecule has 0 bridgehead atoms. The van der Waals surface area contributed by atoms with E-state index in [1.807, 2.05) is 0 Å². The van der Waals surface area contributed by atoms with Crippen LogP contribution in [-0.4, -0.2) is 58.6 Å².